The molecule has 0 aliphatic carbocycles. The number of carbonyl (C=O) groups excluding carboxylic acids is 1. The van der Waals surface area contributed by atoms with Crippen LogP contribution in [-0.4, -0.2) is 10.5 Å². The molecule has 2 N–H and O–H groups in total. The molecule has 0 spiro atoms. The van der Waals surface area contributed by atoms with Crippen LogP contribution in [0, 0.1) is 11.9 Å². The molecular weight excluding hydrogens is 403 g/mol. The largest absolute Gasteiger partial charge is 0.489 e. The topological polar surface area (TPSA) is 57.2 Å². The molecule has 0 aliphatic heterocycles. The van der Waals surface area contributed by atoms with Crippen molar-refractivity contribution in [2.45, 2.75) is 13.2 Å². The van der Waals surface area contributed by atoms with E-state index in [1.807, 2.05) is 65.2 Å². The minimum Gasteiger partial charge on any atom is -0.489 e. The van der Waals surface area contributed by atoms with Gasteiger partial charge in [-0.25, -0.2) is 4.39 Å². The van der Waals surface area contributed by atoms with Crippen LogP contribution in [0.25, 0.3) is 21.8 Å². The Morgan fingerprint density at radius 3 is 2.56 bits per heavy atom. The van der Waals surface area contributed by atoms with Crippen LogP contribution in [-0.2, 0) is 13.2 Å². The molecule has 157 valence electrons. The van der Waals surface area contributed by atoms with Crippen LogP contribution < -0.4 is 10.5 Å². The number of fused-ring (bicyclic) bond motifs is 3. The Kier molecular flexibility index (Phi) is 5.07. The van der Waals surface area contributed by atoms with Crippen LogP contribution >= 0.6 is 0 Å². The van der Waals surface area contributed by atoms with Crippen molar-refractivity contribution in [3.8, 4) is 5.75 Å². The third kappa shape index (κ3) is 3.58. The molecule has 0 fully saturated rings. The SMILES string of the molecule is NC(=O)c1cccc2c1c1[c]cc(F)cc1n2Cc1ccccc1OCc1ccccc1. The van der Waals surface area contributed by atoms with Gasteiger partial charge in [0.25, 0.3) is 0 Å². The van der Waals surface area contributed by atoms with Crippen molar-refractivity contribution in [2.24, 2.45) is 5.73 Å². The normalized spacial score (nSPS) is 11.2. The van der Waals surface area contributed by atoms with Gasteiger partial charge in [0, 0.05) is 21.9 Å². The number of aromatic nitrogens is 1. The number of nitrogens with two attached hydrogens (primary N) is 1. The van der Waals surface area contributed by atoms with Crippen molar-refractivity contribution in [3.63, 3.8) is 0 Å². The Hall–Kier alpha value is -4.12. The molecule has 4 nitrogen and oxygen atoms in total. The molecule has 0 aliphatic rings. The van der Waals surface area contributed by atoms with Gasteiger partial charge in [0.15, 0.2) is 0 Å². The van der Waals surface area contributed by atoms with Crippen molar-refractivity contribution in [3.05, 3.63) is 114 Å². The lowest BCUT2D eigenvalue weighted by Crippen LogP contribution is -2.11. The first-order valence-electron chi connectivity index (χ1n) is 10.3. The molecule has 0 unspecified atom stereocenters. The molecule has 5 aromatic rings. The van der Waals surface area contributed by atoms with Gasteiger partial charge in [-0.15, -0.1) is 0 Å². The van der Waals surface area contributed by atoms with Gasteiger partial charge in [-0.3, -0.25) is 4.79 Å². The van der Waals surface area contributed by atoms with Gasteiger partial charge >= 0.3 is 0 Å². The van der Waals surface area contributed by atoms with Gasteiger partial charge in [0.05, 0.1) is 17.6 Å². The van der Waals surface area contributed by atoms with Gasteiger partial charge in [-0.05, 0) is 42.0 Å². The van der Waals surface area contributed by atoms with E-state index in [9.17, 15) is 9.18 Å². The molecule has 1 aromatic heterocycles. The molecule has 0 atom stereocenters. The number of nitrogens with zero attached hydrogens (tertiary/aromatic N) is 1. The van der Waals surface area contributed by atoms with Crippen molar-refractivity contribution in [2.75, 3.05) is 0 Å². The maximum absolute atomic E-state index is 14.2. The number of primary amides is 1. The first-order chi connectivity index (χ1) is 15.6. The lowest BCUT2D eigenvalue weighted by molar-refractivity contribution is 0.100. The van der Waals surface area contributed by atoms with Crippen LogP contribution in [0.3, 0.4) is 0 Å². The number of rotatable bonds is 6. The van der Waals surface area contributed by atoms with Crippen LogP contribution in [0.1, 0.15) is 21.5 Å². The monoisotopic (exact) mass is 423 g/mol. The van der Waals surface area contributed by atoms with Crippen LogP contribution in [0.15, 0.2) is 84.9 Å². The third-order valence-electron chi connectivity index (χ3n) is 5.56. The zero-order valence-electron chi connectivity index (χ0n) is 17.2. The summed E-state index contributed by atoms with van der Waals surface area (Å²) in [7, 11) is 0. The summed E-state index contributed by atoms with van der Waals surface area (Å²) in [5, 5.41) is 1.34. The summed E-state index contributed by atoms with van der Waals surface area (Å²) < 4.78 is 22.3. The van der Waals surface area contributed by atoms with Gasteiger partial charge in [0.2, 0.25) is 5.91 Å². The van der Waals surface area contributed by atoms with Crippen molar-refractivity contribution >= 4 is 27.7 Å². The molecule has 1 amide bonds. The van der Waals surface area contributed by atoms with E-state index in [4.69, 9.17) is 10.5 Å². The zero-order valence-corrected chi connectivity index (χ0v) is 17.2. The Bertz CT molecular complexity index is 1440. The second-order valence-corrected chi connectivity index (χ2v) is 7.61. The van der Waals surface area contributed by atoms with Crippen LogP contribution in [0.5, 0.6) is 5.75 Å². The first kappa shape index (κ1) is 19.8. The fourth-order valence-corrected chi connectivity index (χ4v) is 4.09. The van der Waals surface area contributed by atoms with E-state index in [0.717, 1.165) is 22.4 Å². The molecular formula is C27H20FN2O2. The van der Waals surface area contributed by atoms with Crippen molar-refractivity contribution in [1.29, 1.82) is 0 Å². The highest BCUT2D eigenvalue weighted by Crippen LogP contribution is 2.33. The van der Waals surface area contributed by atoms with E-state index < -0.39 is 11.7 Å². The third-order valence-corrected chi connectivity index (χ3v) is 5.56. The summed E-state index contributed by atoms with van der Waals surface area (Å²) in [5.41, 5.74) is 9.46. The van der Waals surface area contributed by atoms with Crippen molar-refractivity contribution < 1.29 is 13.9 Å². The standard InChI is InChI=1S/C27H20FN2O2/c28-20-13-14-21-24(15-20)30(23-11-6-10-22(26(21)23)27(29)31)16-19-9-4-5-12-25(19)32-17-18-7-2-1-3-8-18/h1-13,15H,16-17H2,(H2,29,31). The lowest BCUT2D eigenvalue weighted by atomic mass is 10.1. The summed E-state index contributed by atoms with van der Waals surface area (Å²) in [5.74, 6) is -0.174. The van der Waals surface area contributed by atoms with Crippen LogP contribution in [0.4, 0.5) is 4.39 Å². The summed E-state index contributed by atoms with van der Waals surface area (Å²) in [6.07, 6.45) is 0. The maximum Gasteiger partial charge on any atom is 0.249 e. The smallest absolute Gasteiger partial charge is 0.249 e. The average Bonchev–Trinajstić information content (AvgIpc) is 3.12. The first-order valence-corrected chi connectivity index (χ1v) is 10.3. The molecule has 1 heterocycles. The minimum atomic E-state index is -0.529. The highest BCUT2D eigenvalue weighted by atomic mass is 19.1. The Morgan fingerprint density at radius 1 is 0.969 bits per heavy atom. The number of halogens is 1. The lowest BCUT2D eigenvalue weighted by Gasteiger charge is -2.14. The predicted molar refractivity (Wildman–Crippen MR) is 123 cm³/mol. The maximum atomic E-state index is 14.2. The fourth-order valence-electron chi connectivity index (χ4n) is 4.09. The predicted octanol–water partition coefficient (Wildman–Crippen LogP) is 5.46. The van der Waals surface area contributed by atoms with Crippen LogP contribution in [0.2, 0.25) is 0 Å². The number of ether oxygens (including phenoxy) is 1. The summed E-state index contributed by atoms with van der Waals surface area (Å²) in [4.78, 5) is 12.1. The molecule has 0 saturated carbocycles. The second-order valence-electron chi connectivity index (χ2n) is 7.61. The molecule has 5 rings (SSSR count). The van der Waals surface area contributed by atoms with Gasteiger partial charge in [-0.2, -0.15) is 0 Å². The van der Waals surface area contributed by atoms with E-state index in [2.05, 4.69) is 6.07 Å². The quantitative estimate of drug-likeness (QED) is 0.394. The number of amides is 1. The fraction of sp³-hybridized carbons (Fsp3) is 0.0741. The summed E-state index contributed by atoms with van der Waals surface area (Å²) in [6.45, 7) is 0.879. The van der Waals surface area contributed by atoms with Gasteiger partial charge in [0.1, 0.15) is 18.2 Å². The molecule has 0 saturated heterocycles. The number of carbonyl (C=O) groups is 1. The Labute approximate surface area is 184 Å². The van der Waals surface area contributed by atoms with E-state index in [-0.39, 0.29) is 0 Å². The molecule has 4 aromatic carbocycles. The zero-order chi connectivity index (χ0) is 22.1. The van der Waals surface area contributed by atoms with Gasteiger partial charge < -0.3 is 15.0 Å². The number of para-hydroxylation sites is 1. The summed E-state index contributed by atoms with van der Waals surface area (Å²) in [6, 6.07) is 28.8. The van der Waals surface area contributed by atoms with E-state index in [1.165, 1.54) is 12.1 Å². The highest BCUT2D eigenvalue weighted by Gasteiger charge is 2.18. The number of hydrogen-bond donors (Lipinski definition) is 1. The molecule has 0 bridgehead atoms. The number of hydrogen-bond acceptors (Lipinski definition) is 2. The van der Waals surface area contributed by atoms with E-state index >= 15 is 0 Å². The molecule has 5 heteroatoms. The van der Waals surface area contributed by atoms with Crippen molar-refractivity contribution in [1.82, 2.24) is 4.57 Å². The Morgan fingerprint density at radius 2 is 1.75 bits per heavy atom. The average molecular weight is 423 g/mol. The number of benzene rings is 4. The van der Waals surface area contributed by atoms with E-state index in [0.29, 0.717) is 35.0 Å². The molecule has 1 radical (unpaired) electrons. The highest BCUT2D eigenvalue weighted by molar-refractivity contribution is 6.17. The van der Waals surface area contributed by atoms with Gasteiger partial charge in [-0.1, -0.05) is 54.6 Å². The molecule has 32 heavy (non-hydrogen) atoms. The van der Waals surface area contributed by atoms with E-state index in [1.54, 1.807) is 12.1 Å². The second kappa shape index (κ2) is 8.19. The minimum absolute atomic E-state index is 0.391. The Balaban J connectivity index is 1.61. The summed E-state index contributed by atoms with van der Waals surface area (Å²) >= 11 is 0.